The van der Waals surface area contributed by atoms with Crippen LogP contribution in [0.25, 0.3) is 0 Å². The SMILES string of the molecule is CCCCC(F)(F)C(=O)CCC1CCCC1OC1CCCCO1. The van der Waals surface area contributed by atoms with Crippen LogP contribution in [-0.4, -0.2) is 30.7 Å². The van der Waals surface area contributed by atoms with Crippen molar-refractivity contribution in [3.8, 4) is 0 Å². The highest BCUT2D eigenvalue weighted by Crippen LogP contribution is 2.35. The fourth-order valence-electron chi connectivity index (χ4n) is 3.56. The lowest BCUT2D eigenvalue weighted by molar-refractivity contribution is -0.194. The van der Waals surface area contributed by atoms with Crippen LogP contribution >= 0.6 is 0 Å². The van der Waals surface area contributed by atoms with Crippen molar-refractivity contribution in [3.63, 3.8) is 0 Å². The molecule has 5 heteroatoms. The Hall–Kier alpha value is -0.550. The van der Waals surface area contributed by atoms with Crippen molar-refractivity contribution in [2.75, 3.05) is 6.61 Å². The molecule has 0 spiro atoms. The van der Waals surface area contributed by atoms with Gasteiger partial charge in [0.05, 0.1) is 6.10 Å². The first-order valence-electron chi connectivity index (χ1n) is 9.21. The summed E-state index contributed by atoms with van der Waals surface area (Å²) >= 11 is 0. The predicted octanol–water partition coefficient (Wildman–Crippen LogP) is 4.87. The summed E-state index contributed by atoms with van der Waals surface area (Å²) in [4.78, 5) is 11.8. The molecule has 3 unspecified atom stereocenters. The van der Waals surface area contributed by atoms with Gasteiger partial charge in [-0.25, -0.2) is 0 Å². The first kappa shape index (κ1) is 18.8. The molecule has 0 aromatic carbocycles. The molecule has 2 aliphatic rings. The van der Waals surface area contributed by atoms with Crippen molar-refractivity contribution < 1.29 is 23.0 Å². The van der Waals surface area contributed by atoms with Crippen molar-refractivity contribution in [1.82, 2.24) is 0 Å². The summed E-state index contributed by atoms with van der Waals surface area (Å²) in [5, 5.41) is 0. The van der Waals surface area contributed by atoms with Crippen LogP contribution in [0.15, 0.2) is 0 Å². The molecule has 1 aliphatic heterocycles. The Morgan fingerprint density at radius 2 is 2.04 bits per heavy atom. The van der Waals surface area contributed by atoms with E-state index in [9.17, 15) is 13.6 Å². The number of carbonyl (C=O) groups excluding carboxylic acids is 1. The Kier molecular flexibility index (Phi) is 7.41. The highest BCUT2D eigenvalue weighted by Gasteiger charge is 2.38. The molecule has 1 heterocycles. The lowest BCUT2D eigenvalue weighted by Crippen LogP contribution is -2.32. The molecule has 3 atom stereocenters. The monoisotopic (exact) mass is 332 g/mol. The Labute approximate surface area is 138 Å². The third-order valence-electron chi connectivity index (χ3n) is 5.05. The van der Waals surface area contributed by atoms with Crippen LogP contribution in [0, 0.1) is 5.92 Å². The number of rotatable bonds is 9. The largest absolute Gasteiger partial charge is 0.353 e. The smallest absolute Gasteiger partial charge is 0.305 e. The lowest BCUT2D eigenvalue weighted by Gasteiger charge is -2.29. The average molecular weight is 332 g/mol. The van der Waals surface area contributed by atoms with Crippen LogP contribution in [0.4, 0.5) is 8.78 Å². The van der Waals surface area contributed by atoms with Gasteiger partial charge in [0.2, 0.25) is 5.78 Å². The van der Waals surface area contributed by atoms with Gasteiger partial charge in [0.25, 0.3) is 0 Å². The molecule has 2 fully saturated rings. The first-order valence-corrected chi connectivity index (χ1v) is 9.21. The maximum Gasteiger partial charge on any atom is 0.305 e. The van der Waals surface area contributed by atoms with Gasteiger partial charge in [0, 0.05) is 19.4 Å². The Morgan fingerprint density at radius 3 is 2.74 bits per heavy atom. The van der Waals surface area contributed by atoms with Crippen LogP contribution in [0.3, 0.4) is 0 Å². The molecule has 0 aromatic rings. The zero-order chi connectivity index (χ0) is 16.7. The van der Waals surface area contributed by atoms with E-state index < -0.39 is 11.7 Å². The molecule has 23 heavy (non-hydrogen) atoms. The summed E-state index contributed by atoms with van der Waals surface area (Å²) in [7, 11) is 0. The molecule has 3 nitrogen and oxygen atoms in total. The number of ether oxygens (including phenoxy) is 2. The zero-order valence-electron chi connectivity index (χ0n) is 14.2. The Morgan fingerprint density at radius 1 is 1.22 bits per heavy atom. The van der Waals surface area contributed by atoms with E-state index in [-0.39, 0.29) is 31.2 Å². The maximum absolute atomic E-state index is 13.7. The summed E-state index contributed by atoms with van der Waals surface area (Å²) < 4.78 is 39.1. The molecule has 1 saturated heterocycles. The standard InChI is InChI=1S/C18H30F2O3/c1-2-3-12-18(19,20)16(21)11-10-14-7-6-8-15(14)23-17-9-4-5-13-22-17/h14-15,17H,2-13H2,1H3. The molecule has 1 saturated carbocycles. The van der Waals surface area contributed by atoms with Crippen molar-refractivity contribution >= 4 is 5.78 Å². The van der Waals surface area contributed by atoms with Crippen LogP contribution in [0.5, 0.6) is 0 Å². The second-order valence-corrected chi connectivity index (χ2v) is 6.93. The molecule has 0 bridgehead atoms. The second-order valence-electron chi connectivity index (χ2n) is 6.93. The van der Waals surface area contributed by atoms with E-state index in [1.807, 2.05) is 6.92 Å². The number of ketones is 1. The van der Waals surface area contributed by atoms with Crippen LogP contribution in [-0.2, 0) is 14.3 Å². The molecule has 0 radical (unpaired) electrons. The maximum atomic E-state index is 13.7. The van der Waals surface area contributed by atoms with Gasteiger partial charge in [0.1, 0.15) is 0 Å². The molecule has 0 aromatic heterocycles. The molecule has 0 amide bonds. The summed E-state index contributed by atoms with van der Waals surface area (Å²) in [6.45, 7) is 2.60. The van der Waals surface area contributed by atoms with Gasteiger partial charge in [0.15, 0.2) is 6.29 Å². The van der Waals surface area contributed by atoms with E-state index in [0.29, 0.717) is 19.3 Å². The van der Waals surface area contributed by atoms with Crippen LogP contribution in [0.1, 0.15) is 77.6 Å². The number of carbonyl (C=O) groups is 1. The zero-order valence-corrected chi connectivity index (χ0v) is 14.2. The number of unbranched alkanes of at least 4 members (excludes halogenated alkanes) is 1. The molecular formula is C18H30F2O3. The minimum absolute atomic E-state index is 0.0350. The van der Waals surface area contributed by atoms with Crippen molar-refractivity contribution in [1.29, 1.82) is 0 Å². The van der Waals surface area contributed by atoms with Gasteiger partial charge in [-0.1, -0.05) is 19.8 Å². The first-order chi connectivity index (χ1) is 11.0. The predicted molar refractivity (Wildman–Crippen MR) is 84.5 cm³/mol. The van der Waals surface area contributed by atoms with Crippen LogP contribution < -0.4 is 0 Å². The number of alkyl halides is 2. The Bertz CT molecular complexity index is 367. The molecular weight excluding hydrogens is 302 g/mol. The summed E-state index contributed by atoms with van der Waals surface area (Å²) in [5.41, 5.74) is 0. The molecule has 1 aliphatic carbocycles. The number of Topliss-reactive ketones (excluding diaryl/α,β-unsaturated/α-hetero) is 1. The highest BCUT2D eigenvalue weighted by atomic mass is 19.3. The van der Waals surface area contributed by atoms with Crippen LogP contribution in [0.2, 0.25) is 0 Å². The summed E-state index contributed by atoms with van der Waals surface area (Å²) in [5.74, 6) is -3.84. The minimum Gasteiger partial charge on any atom is -0.353 e. The Balaban J connectivity index is 1.75. The van der Waals surface area contributed by atoms with E-state index >= 15 is 0 Å². The fraction of sp³-hybridized carbons (Fsp3) is 0.944. The molecule has 0 N–H and O–H groups in total. The average Bonchev–Trinajstić information content (AvgIpc) is 2.98. The third kappa shape index (κ3) is 5.79. The number of hydrogen-bond acceptors (Lipinski definition) is 3. The summed E-state index contributed by atoms with van der Waals surface area (Å²) in [6.07, 6.45) is 7.23. The normalized spacial score (nSPS) is 28.9. The number of halogens is 2. The van der Waals surface area contributed by atoms with E-state index in [0.717, 1.165) is 45.1 Å². The summed E-state index contributed by atoms with van der Waals surface area (Å²) in [6, 6.07) is 0. The van der Waals surface area contributed by atoms with Crippen molar-refractivity contribution in [3.05, 3.63) is 0 Å². The topological polar surface area (TPSA) is 35.5 Å². The third-order valence-corrected chi connectivity index (χ3v) is 5.05. The van der Waals surface area contributed by atoms with E-state index in [2.05, 4.69) is 0 Å². The van der Waals surface area contributed by atoms with E-state index in [4.69, 9.17) is 9.47 Å². The van der Waals surface area contributed by atoms with E-state index in [1.165, 1.54) is 0 Å². The second kappa shape index (κ2) is 9.07. The van der Waals surface area contributed by atoms with Gasteiger partial charge >= 0.3 is 5.92 Å². The van der Waals surface area contributed by atoms with E-state index in [1.54, 1.807) is 0 Å². The molecule has 134 valence electrons. The highest BCUT2D eigenvalue weighted by molar-refractivity contribution is 5.85. The van der Waals surface area contributed by atoms with Crippen molar-refractivity contribution in [2.24, 2.45) is 5.92 Å². The fourth-order valence-corrected chi connectivity index (χ4v) is 3.56. The quantitative estimate of drug-likeness (QED) is 0.604. The van der Waals surface area contributed by atoms with Crippen molar-refractivity contribution in [2.45, 2.75) is 95.9 Å². The molecule has 2 rings (SSSR count). The minimum atomic E-state index is -3.16. The van der Waals surface area contributed by atoms with Gasteiger partial charge in [-0.15, -0.1) is 0 Å². The lowest BCUT2D eigenvalue weighted by atomic mass is 9.95. The number of hydrogen-bond donors (Lipinski definition) is 0. The van der Waals surface area contributed by atoms with Gasteiger partial charge in [-0.05, 0) is 50.9 Å². The van der Waals surface area contributed by atoms with Gasteiger partial charge in [-0.2, -0.15) is 8.78 Å². The van der Waals surface area contributed by atoms with Gasteiger partial charge in [-0.3, -0.25) is 4.79 Å². The van der Waals surface area contributed by atoms with Gasteiger partial charge < -0.3 is 9.47 Å².